The molecule has 1 saturated heterocycles. The molecule has 2 heterocycles. The number of carbonyl (C=O) groups is 1. The highest BCUT2D eigenvalue weighted by Crippen LogP contribution is 2.09. The molecule has 4 heteroatoms. The molecule has 70 valence electrons. The normalized spacial score (nSPS) is 23.4. The summed E-state index contributed by atoms with van der Waals surface area (Å²) < 4.78 is 2.02. The summed E-state index contributed by atoms with van der Waals surface area (Å²) in [5, 5.41) is 3.11. The first-order valence-corrected chi connectivity index (χ1v) is 4.53. The van der Waals surface area contributed by atoms with Crippen LogP contribution in [0, 0.1) is 5.92 Å². The molecule has 13 heavy (non-hydrogen) atoms. The van der Waals surface area contributed by atoms with Crippen LogP contribution in [0.3, 0.4) is 0 Å². The molecule has 1 unspecified atom stereocenters. The fourth-order valence-corrected chi connectivity index (χ4v) is 1.70. The predicted molar refractivity (Wildman–Crippen MR) is 48.2 cm³/mol. The summed E-state index contributed by atoms with van der Waals surface area (Å²) in [5.41, 5.74) is 0. The number of Topliss-reactive ketones (excluding diaryl/α,β-unsaturated/α-hetero) is 1. The summed E-state index contributed by atoms with van der Waals surface area (Å²) >= 11 is 0. The predicted octanol–water partition coefficient (Wildman–Crippen LogP) is 0.0617. The molecule has 0 bridgehead atoms. The molecular weight excluding hydrogens is 166 g/mol. The average molecular weight is 179 g/mol. The molecule has 1 atom stereocenters. The fourth-order valence-electron chi connectivity index (χ4n) is 1.70. The second-order valence-electron chi connectivity index (χ2n) is 3.50. The third kappa shape index (κ3) is 2.15. The number of carbonyl (C=O) groups excluding carboxylic acids is 1. The Morgan fingerprint density at radius 3 is 3.31 bits per heavy atom. The Morgan fingerprint density at radius 2 is 2.62 bits per heavy atom. The summed E-state index contributed by atoms with van der Waals surface area (Å²) in [4.78, 5) is 15.1. The zero-order chi connectivity index (χ0) is 9.10. The maximum Gasteiger partial charge on any atom is 0.147 e. The molecule has 1 fully saturated rings. The molecule has 0 saturated carbocycles. The van der Waals surface area contributed by atoms with Crippen molar-refractivity contribution in [2.75, 3.05) is 13.1 Å². The average Bonchev–Trinajstić information content (AvgIpc) is 2.57. The first-order chi connectivity index (χ1) is 6.34. The molecule has 0 spiro atoms. The van der Waals surface area contributed by atoms with Crippen molar-refractivity contribution in [3.8, 4) is 0 Å². The van der Waals surface area contributed by atoms with Crippen molar-refractivity contribution in [3.63, 3.8) is 0 Å². The second-order valence-corrected chi connectivity index (χ2v) is 3.50. The van der Waals surface area contributed by atoms with E-state index in [-0.39, 0.29) is 0 Å². The van der Waals surface area contributed by atoms with Gasteiger partial charge in [0.25, 0.3) is 0 Å². The van der Waals surface area contributed by atoms with Gasteiger partial charge in [0.2, 0.25) is 0 Å². The summed E-state index contributed by atoms with van der Waals surface area (Å²) in [6.07, 6.45) is 6.18. The summed E-state index contributed by atoms with van der Waals surface area (Å²) in [5.74, 6) is 0.742. The molecule has 1 aromatic heterocycles. The Labute approximate surface area is 77.0 Å². The van der Waals surface area contributed by atoms with E-state index in [9.17, 15) is 4.79 Å². The number of aromatic nitrogens is 2. The van der Waals surface area contributed by atoms with E-state index >= 15 is 0 Å². The van der Waals surface area contributed by atoms with Gasteiger partial charge in [-0.05, 0) is 5.92 Å². The van der Waals surface area contributed by atoms with Crippen LogP contribution in [-0.2, 0) is 11.3 Å². The quantitative estimate of drug-likeness (QED) is 0.698. The van der Waals surface area contributed by atoms with Crippen LogP contribution in [0.2, 0.25) is 0 Å². The minimum Gasteiger partial charge on any atom is -0.337 e. The van der Waals surface area contributed by atoms with Crippen molar-refractivity contribution >= 4 is 5.78 Å². The van der Waals surface area contributed by atoms with Crippen molar-refractivity contribution in [3.05, 3.63) is 18.7 Å². The molecule has 0 aliphatic carbocycles. The molecule has 4 nitrogen and oxygen atoms in total. The molecule has 1 N–H and O–H groups in total. The molecule has 2 rings (SSSR count). The lowest BCUT2D eigenvalue weighted by Crippen LogP contribution is -2.38. The van der Waals surface area contributed by atoms with Gasteiger partial charge in [-0.25, -0.2) is 4.98 Å². The van der Waals surface area contributed by atoms with Gasteiger partial charge in [-0.3, -0.25) is 4.79 Å². The minimum atomic E-state index is 0.316. The van der Waals surface area contributed by atoms with Gasteiger partial charge in [0.1, 0.15) is 5.78 Å². The lowest BCUT2D eigenvalue weighted by Gasteiger charge is -2.21. The highest BCUT2D eigenvalue weighted by Gasteiger charge is 2.18. The molecule has 1 aliphatic heterocycles. The third-order valence-electron chi connectivity index (χ3n) is 2.30. The van der Waals surface area contributed by atoms with Crippen molar-refractivity contribution in [2.45, 2.75) is 13.0 Å². The largest absolute Gasteiger partial charge is 0.337 e. The molecule has 0 amide bonds. The van der Waals surface area contributed by atoms with Crippen LogP contribution in [0.15, 0.2) is 18.7 Å². The van der Waals surface area contributed by atoms with Crippen molar-refractivity contribution in [2.24, 2.45) is 5.92 Å². The number of piperidine rings is 1. The lowest BCUT2D eigenvalue weighted by molar-refractivity contribution is -0.120. The zero-order valence-electron chi connectivity index (χ0n) is 7.44. The second kappa shape index (κ2) is 3.70. The number of nitrogens with one attached hydrogen (secondary N) is 1. The maximum absolute atomic E-state index is 11.1. The smallest absolute Gasteiger partial charge is 0.147 e. The Bertz CT molecular complexity index is 281. The summed E-state index contributed by atoms with van der Waals surface area (Å²) in [6, 6.07) is 0. The fraction of sp³-hybridized carbons (Fsp3) is 0.556. The van der Waals surface area contributed by atoms with Crippen LogP contribution >= 0.6 is 0 Å². The number of imidazole rings is 1. The van der Waals surface area contributed by atoms with Crippen molar-refractivity contribution in [1.82, 2.24) is 14.9 Å². The lowest BCUT2D eigenvalue weighted by atomic mass is 9.99. The summed E-state index contributed by atoms with van der Waals surface area (Å²) in [7, 11) is 0. The SMILES string of the molecule is O=C1CNCC(Cn2ccnc2)C1. The van der Waals surface area contributed by atoms with Crippen LogP contribution in [0.1, 0.15) is 6.42 Å². The van der Waals surface area contributed by atoms with Crippen LogP contribution in [-0.4, -0.2) is 28.4 Å². The van der Waals surface area contributed by atoms with Gasteiger partial charge in [0.05, 0.1) is 12.9 Å². The minimum absolute atomic E-state index is 0.316. The first kappa shape index (κ1) is 8.44. The number of hydrogen-bond donors (Lipinski definition) is 1. The Kier molecular flexibility index (Phi) is 2.40. The standard InChI is InChI=1S/C9H13N3O/c13-9-3-8(4-11-5-9)6-12-2-1-10-7-12/h1-2,7-8,11H,3-6H2. The molecule has 0 radical (unpaired) electrons. The van der Waals surface area contributed by atoms with E-state index in [1.54, 1.807) is 12.5 Å². The van der Waals surface area contributed by atoms with Crippen LogP contribution in [0.25, 0.3) is 0 Å². The van der Waals surface area contributed by atoms with Gasteiger partial charge in [0, 0.05) is 31.9 Å². The van der Waals surface area contributed by atoms with E-state index in [2.05, 4.69) is 10.3 Å². The highest BCUT2D eigenvalue weighted by molar-refractivity contribution is 5.81. The van der Waals surface area contributed by atoms with Crippen LogP contribution in [0.4, 0.5) is 0 Å². The Morgan fingerprint density at radius 1 is 1.69 bits per heavy atom. The first-order valence-electron chi connectivity index (χ1n) is 4.53. The summed E-state index contributed by atoms with van der Waals surface area (Å²) in [6.45, 7) is 2.36. The zero-order valence-corrected chi connectivity index (χ0v) is 7.44. The van der Waals surface area contributed by atoms with Crippen LogP contribution in [0.5, 0.6) is 0 Å². The monoisotopic (exact) mass is 179 g/mol. The number of nitrogens with zero attached hydrogens (tertiary/aromatic N) is 2. The molecule has 1 aromatic rings. The van der Waals surface area contributed by atoms with E-state index in [0.717, 1.165) is 13.1 Å². The van der Waals surface area contributed by atoms with Gasteiger partial charge in [0.15, 0.2) is 0 Å². The van der Waals surface area contributed by atoms with Gasteiger partial charge >= 0.3 is 0 Å². The molecule has 1 aliphatic rings. The van der Waals surface area contributed by atoms with Crippen molar-refractivity contribution in [1.29, 1.82) is 0 Å². The van der Waals surface area contributed by atoms with E-state index in [0.29, 0.717) is 24.7 Å². The molecule has 0 aromatic carbocycles. The Hall–Kier alpha value is -1.16. The van der Waals surface area contributed by atoms with Gasteiger partial charge < -0.3 is 9.88 Å². The van der Waals surface area contributed by atoms with Gasteiger partial charge in [-0.1, -0.05) is 0 Å². The topological polar surface area (TPSA) is 46.9 Å². The maximum atomic E-state index is 11.1. The number of hydrogen-bond acceptors (Lipinski definition) is 3. The Balaban J connectivity index is 1.91. The van der Waals surface area contributed by atoms with E-state index in [1.165, 1.54) is 0 Å². The van der Waals surface area contributed by atoms with Crippen molar-refractivity contribution < 1.29 is 4.79 Å². The third-order valence-corrected chi connectivity index (χ3v) is 2.30. The van der Waals surface area contributed by atoms with Gasteiger partial charge in [-0.15, -0.1) is 0 Å². The van der Waals surface area contributed by atoms with Crippen LogP contribution < -0.4 is 5.32 Å². The molecular formula is C9H13N3O. The van der Waals surface area contributed by atoms with E-state index in [4.69, 9.17) is 0 Å². The highest BCUT2D eigenvalue weighted by atomic mass is 16.1. The van der Waals surface area contributed by atoms with E-state index < -0.39 is 0 Å². The number of ketones is 1. The van der Waals surface area contributed by atoms with E-state index in [1.807, 2.05) is 10.8 Å². The number of rotatable bonds is 2. The van der Waals surface area contributed by atoms with Gasteiger partial charge in [-0.2, -0.15) is 0 Å².